The second-order valence-electron chi connectivity index (χ2n) is 3.55. The average Bonchev–Trinajstić information content (AvgIpc) is 2.77. The van der Waals surface area contributed by atoms with Gasteiger partial charge in [-0.3, -0.25) is 5.41 Å². The fourth-order valence-electron chi connectivity index (χ4n) is 1.65. The number of thiazole rings is 1. The molecule has 0 saturated carbocycles. The van der Waals surface area contributed by atoms with Gasteiger partial charge in [-0.25, -0.2) is 4.98 Å². The fraction of sp³-hybridized carbons (Fsp3) is 0.600. The second kappa shape index (κ2) is 4.09. The zero-order valence-corrected chi connectivity index (χ0v) is 9.23. The molecule has 1 aromatic heterocycles. The molecule has 1 aliphatic rings. The largest absolute Gasteiger partial charge is 0.354 e. The lowest BCUT2D eigenvalue weighted by Crippen LogP contribution is -2.23. The molecular formula is C10H15N3S. The summed E-state index contributed by atoms with van der Waals surface area (Å²) >= 11 is 1.77. The Kier molecular flexibility index (Phi) is 2.82. The Morgan fingerprint density at radius 1 is 1.64 bits per heavy atom. The van der Waals surface area contributed by atoms with E-state index in [1.54, 1.807) is 11.3 Å². The predicted octanol–water partition coefficient (Wildman–Crippen LogP) is 2.28. The third kappa shape index (κ3) is 1.95. The van der Waals surface area contributed by atoms with Crippen molar-refractivity contribution in [3.8, 4) is 0 Å². The van der Waals surface area contributed by atoms with Gasteiger partial charge in [0.2, 0.25) is 0 Å². The maximum Gasteiger partial charge on any atom is 0.112 e. The van der Waals surface area contributed by atoms with Gasteiger partial charge in [-0.05, 0) is 12.8 Å². The molecule has 0 amide bonds. The summed E-state index contributed by atoms with van der Waals surface area (Å²) in [5.74, 6) is 0.776. The van der Waals surface area contributed by atoms with Crippen molar-refractivity contribution >= 4 is 17.2 Å². The number of aromatic nitrogens is 1. The monoisotopic (exact) mass is 209 g/mol. The Bertz CT molecular complexity index is 332. The lowest BCUT2D eigenvalue weighted by atomic mass is 10.4. The van der Waals surface area contributed by atoms with Gasteiger partial charge in [0.1, 0.15) is 5.01 Å². The molecule has 1 saturated heterocycles. The first-order valence-corrected chi connectivity index (χ1v) is 5.87. The van der Waals surface area contributed by atoms with E-state index in [1.807, 2.05) is 6.20 Å². The number of rotatable bonds is 3. The normalized spacial score (nSPS) is 16.6. The van der Waals surface area contributed by atoms with Crippen molar-refractivity contribution in [3.05, 3.63) is 16.1 Å². The van der Waals surface area contributed by atoms with Gasteiger partial charge in [-0.2, -0.15) is 0 Å². The van der Waals surface area contributed by atoms with E-state index in [2.05, 4.69) is 16.8 Å². The first kappa shape index (κ1) is 9.65. The molecule has 1 N–H and O–H groups in total. The molecule has 0 aromatic carbocycles. The molecule has 0 unspecified atom stereocenters. The van der Waals surface area contributed by atoms with Gasteiger partial charge in [0.15, 0.2) is 0 Å². The molecule has 3 nitrogen and oxygen atoms in total. The van der Waals surface area contributed by atoms with Crippen molar-refractivity contribution in [1.82, 2.24) is 9.88 Å². The van der Waals surface area contributed by atoms with Gasteiger partial charge >= 0.3 is 0 Å². The van der Waals surface area contributed by atoms with Crippen LogP contribution in [0.15, 0.2) is 6.20 Å². The van der Waals surface area contributed by atoms with Crippen molar-refractivity contribution in [2.24, 2.45) is 0 Å². The smallest absolute Gasteiger partial charge is 0.112 e. The topological polar surface area (TPSA) is 40.0 Å². The molecule has 0 bridgehead atoms. The average molecular weight is 209 g/mol. The van der Waals surface area contributed by atoms with Crippen LogP contribution in [0.5, 0.6) is 0 Å². The zero-order chi connectivity index (χ0) is 9.97. The maximum absolute atomic E-state index is 7.71. The summed E-state index contributed by atoms with van der Waals surface area (Å²) in [6.45, 7) is 4.01. The number of amidine groups is 1. The molecule has 1 aromatic rings. The summed E-state index contributed by atoms with van der Waals surface area (Å²) in [6.07, 6.45) is 5.09. The van der Waals surface area contributed by atoms with E-state index in [0.717, 1.165) is 43.2 Å². The van der Waals surface area contributed by atoms with Crippen LogP contribution in [-0.4, -0.2) is 22.3 Å². The van der Waals surface area contributed by atoms with Crippen molar-refractivity contribution in [3.63, 3.8) is 0 Å². The lowest BCUT2D eigenvalue weighted by molar-refractivity contribution is 0.445. The van der Waals surface area contributed by atoms with Crippen LogP contribution in [0.4, 0.5) is 0 Å². The number of likely N-dealkylation sites (tertiary alicyclic amines) is 1. The number of hydrogen-bond acceptors (Lipinski definition) is 3. The van der Waals surface area contributed by atoms with Gasteiger partial charge in [-0.15, -0.1) is 11.3 Å². The van der Waals surface area contributed by atoms with Crippen LogP contribution in [0, 0.1) is 5.41 Å². The zero-order valence-electron chi connectivity index (χ0n) is 8.42. The van der Waals surface area contributed by atoms with E-state index < -0.39 is 0 Å². The summed E-state index contributed by atoms with van der Waals surface area (Å²) in [4.78, 5) is 7.83. The van der Waals surface area contributed by atoms with E-state index in [4.69, 9.17) is 5.41 Å². The molecule has 2 heterocycles. The number of aryl methyl sites for hydroxylation is 1. The summed E-state index contributed by atoms with van der Waals surface area (Å²) in [6, 6.07) is 0. The third-order valence-corrected chi connectivity index (χ3v) is 3.63. The minimum absolute atomic E-state index is 0.776. The van der Waals surface area contributed by atoms with Crippen LogP contribution >= 0.6 is 11.3 Å². The van der Waals surface area contributed by atoms with Crippen LogP contribution < -0.4 is 0 Å². The van der Waals surface area contributed by atoms with Crippen LogP contribution in [-0.2, 0) is 13.0 Å². The highest BCUT2D eigenvalue weighted by Crippen LogP contribution is 2.18. The molecule has 2 rings (SSSR count). The summed E-state index contributed by atoms with van der Waals surface area (Å²) in [5.41, 5.74) is 0. The molecule has 0 spiro atoms. The predicted molar refractivity (Wildman–Crippen MR) is 58.9 cm³/mol. The van der Waals surface area contributed by atoms with Gasteiger partial charge in [-0.1, -0.05) is 6.92 Å². The molecule has 76 valence electrons. The van der Waals surface area contributed by atoms with Gasteiger partial charge in [0.25, 0.3) is 0 Å². The Balaban J connectivity index is 1.99. The fourth-order valence-corrected chi connectivity index (χ4v) is 2.53. The molecule has 0 atom stereocenters. The van der Waals surface area contributed by atoms with Crippen molar-refractivity contribution in [2.75, 3.05) is 6.54 Å². The highest BCUT2D eigenvalue weighted by Gasteiger charge is 2.17. The van der Waals surface area contributed by atoms with Crippen LogP contribution in [0.2, 0.25) is 0 Å². The SMILES string of the molecule is CCc1cnc(CN2CCCC2=N)s1. The van der Waals surface area contributed by atoms with Crippen LogP contribution in [0.1, 0.15) is 29.7 Å². The molecule has 0 aliphatic carbocycles. The summed E-state index contributed by atoms with van der Waals surface area (Å²) in [7, 11) is 0. The quantitative estimate of drug-likeness (QED) is 0.829. The van der Waals surface area contributed by atoms with E-state index in [9.17, 15) is 0 Å². The van der Waals surface area contributed by atoms with E-state index in [1.165, 1.54) is 4.88 Å². The number of nitrogens with one attached hydrogen (secondary N) is 1. The second-order valence-corrected chi connectivity index (χ2v) is 4.75. The first-order chi connectivity index (χ1) is 6.79. The Morgan fingerprint density at radius 3 is 3.07 bits per heavy atom. The molecule has 1 aliphatic heterocycles. The van der Waals surface area contributed by atoms with Gasteiger partial charge < -0.3 is 4.90 Å². The minimum atomic E-state index is 0.776. The molecule has 14 heavy (non-hydrogen) atoms. The Morgan fingerprint density at radius 2 is 2.50 bits per heavy atom. The van der Waals surface area contributed by atoms with Gasteiger partial charge in [0.05, 0.1) is 12.4 Å². The summed E-state index contributed by atoms with van der Waals surface area (Å²) < 4.78 is 0. The standard InChI is InChI=1S/C10H15N3S/c1-2-8-6-12-10(14-8)7-13-5-3-4-9(13)11/h6,11H,2-5,7H2,1H3. The van der Waals surface area contributed by atoms with E-state index in [0.29, 0.717) is 0 Å². The van der Waals surface area contributed by atoms with E-state index >= 15 is 0 Å². The van der Waals surface area contributed by atoms with Crippen molar-refractivity contribution < 1.29 is 0 Å². The van der Waals surface area contributed by atoms with Crippen LogP contribution in [0.25, 0.3) is 0 Å². The first-order valence-electron chi connectivity index (χ1n) is 5.05. The van der Waals surface area contributed by atoms with Crippen molar-refractivity contribution in [1.29, 1.82) is 5.41 Å². The lowest BCUT2D eigenvalue weighted by Gasteiger charge is -2.15. The molecule has 4 heteroatoms. The molecule has 1 fully saturated rings. The highest BCUT2D eigenvalue weighted by molar-refractivity contribution is 7.11. The highest BCUT2D eigenvalue weighted by atomic mass is 32.1. The minimum Gasteiger partial charge on any atom is -0.354 e. The Labute approximate surface area is 88.3 Å². The van der Waals surface area contributed by atoms with E-state index in [-0.39, 0.29) is 0 Å². The molecular weight excluding hydrogens is 194 g/mol. The number of nitrogens with zero attached hydrogens (tertiary/aromatic N) is 2. The van der Waals surface area contributed by atoms with Crippen LogP contribution in [0.3, 0.4) is 0 Å². The van der Waals surface area contributed by atoms with Crippen molar-refractivity contribution in [2.45, 2.75) is 32.7 Å². The van der Waals surface area contributed by atoms with Gasteiger partial charge in [0, 0.05) is 24.0 Å². The third-order valence-electron chi connectivity index (χ3n) is 2.50. The summed E-state index contributed by atoms with van der Waals surface area (Å²) in [5, 5.41) is 8.86. The molecule has 0 radical (unpaired) electrons. The Hall–Kier alpha value is -0.900. The maximum atomic E-state index is 7.71. The number of hydrogen-bond donors (Lipinski definition) is 1.